The minimum absolute atomic E-state index is 0.797. The summed E-state index contributed by atoms with van der Waals surface area (Å²) in [7, 11) is 0. The lowest BCUT2D eigenvalue weighted by atomic mass is 10.6. The van der Waals surface area contributed by atoms with E-state index in [0.29, 0.717) is 0 Å². The molecule has 0 saturated carbocycles. The van der Waals surface area contributed by atoms with E-state index in [9.17, 15) is 0 Å². The molecule has 2 aromatic heterocycles. The van der Waals surface area contributed by atoms with Crippen molar-refractivity contribution < 1.29 is 0 Å². The smallest absolute Gasteiger partial charge is 0.141 e. The van der Waals surface area contributed by atoms with Gasteiger partial charge in [0.15, 0.2) is 0 Å². The van der Waals surface area contributed by atoms with Crippen LogP contribution in [0.4, 0.5) is 0 Å². The standard InChI is InChI=1S/C6H3Br2N3/c7-5-6(8)11-3-9-2-1-4(11)10-5/h1-3H. The molecule has 0 aliphatic heterocycles. The minimum atomic E-state index is 0.797. The minimum Gasteiger partial charge on any atom is -0.276 e. The number of fused-ring (bicyclic) bond motifs is 1. The van der Waals surface area contributed by atoms with Crippen LogP contribution in [0.2, 0.25) is 0 Å². The highest BCUT2D eigenvalue weighted by atomic mass is 79.9. The molecular weight excluding hydrogens is 274 g/mol. The topological polar surface area (TPSA) is 30.2 Å². The van der Waals surface area contributed by atoms with Gasteiger partial charge >= 0.3 is 0 Å². The Morgan fingerprint density at radius 1 is 1.36 bits per heavy atom. The van der Waals surface area contributed by atoms with E-state index in [1.54, 1.807) is 12.5 Å². The third-order valence-electron chi connectivity index (χ3n) is 1.33. The van der Waals surface area contributed by atoms with Crippen molar-refractivity contribution >= 4 is 37.5 Å². The van der Waals surface area contributed by atoms with Gasteiger partial charge in [-0.3, -0.25) is 4.40 Å². The molecule has 2 rings (SSSR count). The molecule has 0 bridgehead atoms. The maximum Gasteiger partial charge on any atom is 0.141 e. The normalized spacial score (nSPS) is 10.7. The molecule has 0 aliphatic carbocycles. The average molecular weight is 277 g/mol. The number of halogens is 2. The fourth-order valence-corrected chi connectivity index (χ4v) is 1.58. The molecule has 0 spiro atoms. The Hall–Kier alpha value is -0.420. The third kappa shape index (κ3) is 1.08. The van der Waals surface area contributed by atoms with Crippen LogP contribution >= 0.6 is 31.9 Å². The molecule has 0 amide bonds. The van der Waals surface area contributed by atoms with Crippen molar-refractivity contribution in [1.82, 2.24) is 14.4 Å². The highest BCUT2D eigenvalue weighted by Crippen LogP contribution is 2.22. The van der Waals surface area contributed by atoms with Crippen LogP contribution in [0, 0.1) is 0 Å². The molecule has 0 saturated heterocycles. The molecular formula is C6H3Br2N3. The lowest BCUT2D eigenvalue weighted by molar-refractivity contribution is 1.06. The van der Waals surface area contributed by atoms with Gasteiger partial charge in [0, 0.05) is 6.20 Å². The van der Waals surface area contributed by atoms with Crippen LogP contribution in [0.3, 0.4) is 0 Å². The van der Waals surface area contributed by atoms with Gasteiger partial charge in [0.05, 0.1) is 0 Å². The maximum atomic E-state index is 4.21. The Kier molecular flexibility index (Phi) is 1.69. The van der Waals surface area contributed by atoms with Crippen molar-refractivity contribution in [2.75, 3.05) is 0 Å². The van der Waals surface area contributed by atoms with Gasteiger partial charge < -0.3 is 0 Å². The van der Waals surface area contributed by atoms with E-state index in [4.69, 9.17) is 0 Å². The van der Waals surface area contributed by atoms with Crippen molar-refractivity contribution in [3.63, 3.8) is 0 Å². The zero-order chi connectivity index (χ0) is 7.84. The molecule has 0 radical (unpaired) electrons. The molecule has 0 fully saturated rings. The molecule has 5 heteroatoms. The van der Waals surface area contributed by atoms with Gasteiger partial charge in [0.1, 0.15) is 21.2 Å². The van der Waals surface area contributed by atoms with Crippen molar-refractivity contribution in [2.24, 2.45) is 0 Å². The van der Waals surface area contributed by atoms with Gasteiger partial charge in [-0.05, 0) is 37.9 Å². The monoisotopic (exact) mass is 275 g/mol. The van der Waals surface area contributed by atoms with E-state index in [1.807, 2.05) is 10.5 Å². The van der Waals surface area contributed by atoms with Crippen LogP contribution in [0.15, 0.2) is 27.8 Å². The Morgan fingerprint density at radius 2 is 2.18 bits per heavy atom. The van der Waals surface area contributed by atoms with E-state index in [0.717, 1.165) is 14.9 Å². The van der Waals surface area contributed by atoms with E-state index >= 15 is 0 Å². The number of hydrogen-bond donors (Lipinski definition) is 0. The highest BCUT2D eigenvalue weighted by Gasteiger charge is 2.04. The first-order chi connectivity index (χ1) is 5.29. The quantitative estimate of drug-likeness (QED) is 0.739. The van der Waals surface area contributed by atoms with Gasteiger partial charge in [-0.15, -0.1) is 0 Å². The predicted octanol–water partition coefficient (Wildman–Crippen LogP) is 2.25. The maximum absolute atomic E-state index is 4.21. The average Bonchev–Trinajstić information content (AvgIpc) is 2.30. The largest absolute Gasteiger partial charge is 0.276 e. The second-order valence-corrected chi connectivity index (χ2v) is 3.50. The molecule has 0 N–H and O–H groups in total. The van der Waals surface area contributed by atoms with Crippen molar-refractivity contribution in [1.29, 1.82) is 0 Å². The van der Waals surface area contributed by atoms with Crippen LogP contribution < -0.4 is 0 Å². The number of hydrogen-bond acceptors (Lipinski definition) is 2. The number of rotatable bonds is 0. The van der Waals surface area contributed by atoms with Gasteiger partial charge in [-0.25, -0.2) is 9.97 Å². The number of nitrogens with zero attached hydrogens (tertiary/aromatic N) is 3. The molecule has 2 heterocycles. The summed E-state index contributed by atoms with van der Waals surface area (Å²) in [6.07, 6.45) is 3.42. The molecule has 0 unspecified atom stereocenters. The second kappa shape index (κ2) is 2.57. The zero-order valence-corrected chi connectivity index (χ0v) is 8.50. The molecule has 0 atom stereocenters. The Morgan fingerprint density at radius 3 is 2.91 bits per heavy atom. The van der Waals surface area contributed by atoms with Crippen molar-refractivity contribution in [2.45, 2.75) is 0 Å². The Balaban J connectivity index is 2.92. The van der Waals surface area contributed by atoms with E-state index < -0.39 is 0 Å². The molecule has 0 aromatic carbocycles. The zero-order valence-electron chi connectivity index (χ0n) is 5.33. The van der Waals surface area contributed by atoms with E-state index in [2.05, 4.69) is 41.8 Å². The summed E-state index contributed by atoms with van der Waals surface area (Å²) < 4.78 is 3.54. The van der Waals surface area contributed by atoms with Crippen LogP contribution in [-0.2, 0) is 0 Å². The highest BCUT2D eigenvalue weighted by molar-refractivity contribution is 9.13. The molecule has 56 valence electrons. The Labute approximate surface area is 79.7 Å². The van der Waals surface area contributed by atoms with Gasteiger partial charge in [0.25, 0.3) is 0 Å². The fourth-order valence-electron chi connectivity index (χ4n) is 0.843. The Bertz CT molecular complexity index is 396. The van der Waals surface area contributed by atoms with Crippen LogP contribution in [-0.4, -0.2) is 14.4 Å². The summed E-state index contributed by atoms with van der Waals surface area (Å²) in [5.74, 6) is 0. The molecule has 0 aliphatic rings. The predicted molar refractivity (Wildman–Crippen MR) is 48.4 cm³/mol. The van der Waals surface area contributed by atoms with Crippen molar-refractivity contribution in [3.8, 4) is 0 Å². The first kappa shape index (κ1) is 7.24. The lowest BCUT2D eigenvalue weighted by Gasteiger charge is -1.89. The van der Waals surface area contributed by atoms with Crippen LogP contribution in [0.5, 0.6) is 0 Å². The first-order valence-corrected chi connectivity index (χ1v) is 4.50. The summed E-state index contributed by atoms with van der Waals surface area (Å²) in [5, 5.41) is 0. The van der Waals surface area contributed by atoms with Crippen molar-refractivity contribution in [3.05, 3.63) is 27.8 Å². The van der Waals surface area contributed by atoms with E-state index in [-0.39, 0.29) is 0 Å². The summed E-state index contributed by atoms with van der Waals surface area (Å²) in [6.45, 7) is 0. The summed E-state index contributed by atoms with van der Waals surface area (Å²) in [4.78, 5) is 8.16. The molecule has 11 heavy (non-hydrogen) atoms. The summed E-state index contributed by atoms with van der Waals surface area (Å²) in [5.41, 5.74) is 0.874. The van der Waals surface area contributed by atoms with Gasteiger partial charge in [0.2, 0.25) is 0 Å². The fraction of sp³-hybridized carbons (Fsp3) is 0. The van der Waals surface area contributed by atoms with E-state index in [1.165, 1.54) is 0 Å². The summed E-state index contributed by atoms with van der Waals surface area (Å²) >= 11 is 6.67. The lowest BCUT2D eigenvalue weighted by Crippen LogP contribution is -1.84. The second-order valence-electron chi connectivity index (χ2n) is 2.00. The number of imidazole rings is 1. The third-order valence-corrected chi connectivity index (χ3v) is 3.18. The summed E-state index contributed by atoms with van der Waals surface area (Å²) in [6, 6.07) is 1.84. The molecule has 2 aromatic rings. The van der Waals surface area contributed by atoms with Crippen LogP contribution in [0.25, 0.3) is 5.65 Å². The first-order valence-electron chi connectivity index (χ1n) is 2.92. The van der Waals surface area contributed by atoms with Crippen LogP contribution in [0.1, 0.15) is 0 Å². The SMILES string of the molecule is Brc1nc2ccncn2c1Br. The number of aromatic nitrogens is 3. The molecule has 3 nitrogen and oxygen atoms in total. The van der Waals surface area contributed by atoms with Gasteiger partial charge in [-0.2, -0.15) is 0 Å². The van der Waals surface area contributed by atoms with Gasteiger partial charge in [-0.1, -0.05) is 0 Å².